The number of ether oxygens (including phenoxy) is 1. The lowest BCUT2D eigenvalue weighted by Gasteiger charge is -2.29. The van der Waals surface area contributed by atoms with E-state index in [1.165, 1.54) is 42.5 Å². The molecule has 0 aliphatic carbocycles. The van der Waals surface area contributed by atoms with E-state index < -0.39 is 36.0 Å². The van der Waals surface area contributed by atoms with Crippen molar-refractivity contribution in [1.29, 1.82) is 0 Å². The zero-order chi connectivity index (χ0) is 32.7. The fourth-order valence-electron chi connectivity index (χ4n) is 4.36. The Morgan fingerprint density at radius 3 is 1.71 bits per heavy atom. The summed E-state index contributed by atoms with van der Waals surface area (Å²) in [6.07, 6.45) is 0. The Morgan fingerprint density at radius 1 is 0.667 bits per heavy atom. The molecule has 0 saturated carbocycles. The van der Waals surface area contributed by atoms with E-state index in [0.29, 0.717) is 15.6 Å². The number of hydrogen-bond donors (Lipinski definition) is 0. The molecule has 1 heterocycles. The van der Waals surface area contributed by atoms with Gasteiger partial charge >= 0.3 is 5.97 Å². The number of hydrazine groups is 1. The molecule has 228 valence electrons. The van der Waals surface area contributed by atoms with Gasteiger partial charge in [-0.3, -0.25) is 19.2 Å². The van der Waals surface area contributed by atoms with Crippen LogP contribution in [0.5, 0.6) is 5.75 Å². The lowest BCUT2D eigenvalue weighted by molar-refractivity contribution is 0.00532. The van der Waals surface area contributed by atoms with Gasteiger partial charge in [-0.1, -0.05) is 87.3 Å². The molecule has 0 radical (unpaired) electrons. The predicted molar refractivity (Wildman–Crippen MR) is 171 cm³/mol. The maximum atomic E-state index is 13.8. The molecule has 0 N–H and O–H groups in total. The van der Waals surface area contributed by atoms with E-state index >= 15 is 0 Å². The number of halogens is 6. The van der Waals surface area contributed by atoms with Crippen LogP contribution in [-0.4, -0.2) is 46.0 Å². The third-order valence-corrected chi connectivity index (χ3v) is 9.23. The summed E-state index contributed by atoms with van der Waals surface area (Å²) in [5.41, 5.74) is 0.499. The molecule has 45 heavy (non-hydrogen) atoms. The lowest BCUT2D eigenvalue weighted by Crippen LogP contribution is -2.51. The van der Waals surface area contributed by atoms with Crippen LogP contribution < -0.4 is 4.74 Å². The molecule has 5 rings (SSSR count). The molecule has 0 atom stereocenters. The quantitative estimate of drug-likeness (QED) is 0.0472. The number of rotatable bonds is 7. The number of aryl methyl sites for hydroxylation is 1. The van der Waals surface area contributed by atoms with Crippen molar-refractivity contribution in [3.8, 4) is 5.75 Å². The molecular formula is C31H16Cl6N2O6. The van der Waals surface area contributed by atoms with Crippen molar-refractivity contribution < 1.29 is 28.7 Å². The molecule has 3 amide bonds. The van der Waals surface area contributed by atoms with Crippen LogP contribution in [0.4, 0.5) is 0 Å². The van der Waals surface area contributed by atoms with E-state index in [9.17, 15) is 24.0 Å². The van der Waals surface area contributed by atoms with E-state index in [4.69, 9.17) is 74.3 Å². The summed E-state index contributed by atoms with van der Waals surface area (Å²) in [6.45, 7) is 1.08. The first-order valence-corrected chi connectivity index (χ1v) is 15.0. The van der Waals surface area contributed by atoms with Crippen molar-refractivity contribution in [2.75, 3.05) is 6.54 Å². The van der Waals surface area contributed by atoms with Crippen molar-refractivity contribution in [2.45, 2.75) is 6.92 Å². The van der Waals surface area contributed by atoms with E-state index in [1.807, 2.05) is 6.92 Å². The fraction of sp³-hybridized carbons (Fsp3) is 0.0645. The second-order valence-electron chi connectivity index (χ2n) is 9.62. The average molecular weight is 725 g/mol. The number of nitrogens with zero attached hydrogens (tertiary/aromatic N) is 2. The molecular weight excluding hydrogens is 709 g/mol. The molecule has 4 aromatic rings. The maximum Gasteiger partial charge on any atom is 0.343 e. The normalized spacial score (nSPS) is 12.3. The summed E-state index contributed by atoms with van der Waals surface area (Å²) < 4.78 is 5.38. The topological polar surface area (TPSA) is 101 Å². The number of ketones is 1. The van der Waals surface area contributed by atoms with E-state index in [0.717, 1.165) is 5.56 Å². The zero-order valence-electron chi connectivity index (χ0n) is 22.7. The first-order chi connectivity index (χ1) is 21.3. The van der Waals surface area contributed by atoms with Gasteiger partial charge in [-0.25, -0.2) is 9.80 Å². The number of benzene rings is 4. The highest BCUT2D eigenvalue weighted by Crippen LogP contribution is 2.45. The van der Waals surface area contributed by atoms with Gasteiger partial charge in [0, 0.05) is 11.1 Å². The van der Waals surface area contributed by atoms with Gasteiger partial charge in [-0.05, 0) is 61.5 Å². The number of esters is 1. The number of imide groups is 1. The minimum atomic E-state index is -1.07. The molecule has 1 aliphatic rings. The first-order valence-electron chi connectivity index (χ1n) is 12.7. The molecule has 8 nitrogen and oxygen atoms in total. The van der Waals surface area contributed by atoms with Crippen LogP contribution in [-0.2, 0) is 0 Å². The number of amides is 3. The van der Waals surface area contributed by atoms with Gasteiger partial charge in [0.15, 0.2) is 5.78 Å². The zero-order valence-corrected chi connectivity index (χ0v) is 27.2. The van der Waals surface area contributed by atoms with Crippen LogP contribution in [0.2, 0.25) is 30.1 Å². The van der Waals surface area contributed by atoms with Crippen LogP contribution >= 0.6 is 69.6 Å². The SMILES string of the molecule is Cc1ccc(C(=O)Oc2ccc(C(=O)CN(C(=O)c3ccc(Cl)c(Cl)c3)N3C(=O)c4c(Cl)c(Cl)c(Cl)c(Cl)c4C3=O)cc2)cc1. The number of fused-ring (bicyclic) bond motifs is 1. The van der Waals surface area contributed by atoms with Crippen molar-refractivity contribution in [3.05, 3.63) is 130 Å². The third-order valence-electron chi connectivity index (χ3n) is 6.69. The Hall–Kier alpha value is -3.63. The number of hydrogen-bond acceptors (Lipinski definition) is 6. The van der Waals surface area contributed by atoms with Gasteiger partial charge in [0.05, 0.1) is 46.8 Å². The van der Waals surface area contributed by atoms with Crippen LogP contribution in [0, 0.1) is 6.92 Å². The van der Waals surface area contributed by atoms with Gasteiger partial charge in [-0.15, -0.1) is 0 Å². The van der Waals surface area contributed by atoms with Gasteiger partial charge < -0.3 is 4.74 Å². The molecule has 0 aromatic heterocycles. The van der Waals surface area contributed by atoms with Crippen molar-refractivity contribution in [1.82, 2.24) is 10.0 Å². The highest BCUT2D eigenvalue weighted by molar-refractivity contribution is 6.55. The third kappa shape index (κ3) is 6.27. The molecule has 4 aromatic carbocycles. The highest BCUT2D eigenvalue weighted by Gasteiger charge is 2.46. The summed E-state index contributed by atoms with van der Waals surface area (Å²) in [5, 5.41) is -0.0310. The van der Waals surface area contributed by atoms with E-state index in [-0.39, 0.29) is 58.1 Å². The molecule has 14 heteroatoms. The van der Waals surface area contributed by atoms with Crippen molar-refractivity contribution in [2.24, 2.45) is 0 Å². The first kappa shape index (κ1) is 32.8. The summed E-state index contributed by atoms with van der Waals surface area (Å²) in [7, 11) is 0. The Morgan fingerprint density at radius 2 is 1.18 bits per heavy atom. The Labute approximate surface area is 285 Å². The van der Waals surface area contributed by atoms with E-state index in [2.05, 4.69) is 0 Å². The van der Waals surface area contributed by atoms with Crippen LogP contribution in [0.1, 0.15) is 57.4 Å². The molecule has 0 saturated heterocycles. The van der Waals surface area contributed by atoms with Crippen LogP contribution in [0.25, 0.3) is 0 Å². The van der Waals surface area contributed by atoms with Crippen molar-refractivity contribution in [3.63, 3.8) is 0 Å². The predicted octanol–water partition coefficient (Wildman–Crippen LogP) is 8.67. The number of Topliss-reactive ketones (excluding diaryl/α,β-unsaturated/α-hetero) is 1. The fourth-order valence-corrected chi connectivity index (χ4v) is 5.67. The molecule has 0 spiro atoms. The molecule has 0 bridgehead atoms. The maximum absolute atomic E-state index is 13.8. The van der Waals surface area contributed by atoms with Crippen molar-refractivity contribution >= 4 is 99.1 Å². The van der Waals surface area contributed by atoms with Crippen LogP contribution in [0.3, 0.4) is 0 Å². The molecule has 0 fully saturated rings. The Balaban J connectivity index is 1.46. The Bertz CT molecular complexity index is 1880. The van der Waals surface area contributed by atoms with Gasteiger partial charge in [0.1, 0.15) is 12.3 Å². The molecule has 0 unspecified atom stereocenters. The van der Waals surface area contributed by atoms with Gasteiger partial charge in [0.25, 0.3) is 17.7 Å². The minimum Gasteiger partial charge on any atom is -0.423 e. The monoisotopic (exact) mass is 722 g/mol. The lowest BCUT2D eigenvalue weighted by atomic mass is 10.1. The molecule has 1 aliphatic heterocycles. The van der Waals surface area contributed by atoms with Gasteiger partial charge in [0.2, 0.25) is 0 Å². The largest absolute Gasteiger partial charge is 0.423 e. The number of carbonyl (C=O) groups is 5. The summed E-state index contributed by atoms with van der Waals surface area (Å²) in [5.74, 6) is -4.23. The standard InChI is InChI=1S/C31H16Cl6N2O6/c1-14-2-4-16(5-3-14)31(44)45-18-9-6-15(7-10-18)21(40)13-38(28(41)17-8-11-19(32)20(33)12-17)39-29(42)22-23(30(39)43)25(35)27(37)26(36)24(22)34/h2-12H,13H2,1H3. The van der Waals surface area contributed by atoms with E-state index in [1.54, 1.807) is 24.3 Å². The van der Waals surface area contributed by atoms with Crippen LogP contribution in [0.15, 0.2) is 66.7 Å². The summed E-state index contributed by atoms with van der Waals surface area (Å²) >= 11 is 36.9. The summed E-state index contributed by atoms with van der Waals surface area (Å²) in [6, 6.07) is 16.1. The van der Waals surface area contributed by atoms with Gasteiger partial charge in [-0.2, -0.15) is 5.01 Å². The smallest absolute Gasteiger partial charge is 0.343 e. The minimum absolute atomic E-state index is 0.0107. The summed E-state index contributed by atoms with van der Waals surface area (Å²) in [4.78, 5) is 67.0. The Kier molecular flexibility index (Phi) is 9.46. The second kappa shape index (κ2) is 13.0. The number of carbonyl (C=O) groups excluding carboxylic acids is 5. The average Bonchev–Trinajstić information content (AvgIpc) is 3.28. The highest BCUT2D eigenvalue weighted by atomic mass is 35.5. The second-order valence-corrected chi connectivity index (χ2v) is 11.9.